The Balaban J connectivity index is 2.12. The molecule has 5 heteroatoms. The summed E-state index contributed by atoms with van der Waals surface area (Å²) in [4.78, 5) is 15.2. The van der Waals surface area contributed by atoms with Crippen LogP contribution in [0, 0.1) is 0 Å². The van der Waals surface area contributed by atoms with Gasteiger partial charge in [-0.05, 0) is 24.3 Å². The summed E-state index contributed by atoms with van der Waals surface area (Å²) in [6, 6.07) is 7.11. The van der Waals surface area contributed by atoms with E-state index in [2.05, 4.69) is 0 Å². The molecule has 1 N–H and O–H groups in total. The quantitative estimate of drug-likeness (QED) is 0.872. The number of benzene rings is 1. The minimum atomic E-state index is -0.0589. The summed E-state index contributed by atoms with van der Waals surface area (Å²) >= 11 is 5.79. The predicted molar refractivity (Wildman–Crippen MR) is 62.9 cm³/mol. The first-order valence-corrected chi connectivity index (χ1v) is 5.53. The molecule has 2 rings (SSSR count). The molecule has 0 aromatic heterocycles. The van der Waals surface area contributed by atoms with Gasteiger partial charge in [0.2, 0.25) is 0 Å². The molecular formula is C11H13ClN2O2. The fourth-order valence-corrected chi connectivity index (χ4v) is 1.90. The smallest absolute Gasteiger partial charge is 0.324 e. The Kier molecular flexibility index (Phi) is 3.31. The lowest BCUT2D eigenvalue weighted by atomic mass is 10.3. The van der Waals surface area contributed by atoms with Gasteiger partial charge in [-0.3, -0.25) is 4.90 Å². The average molecular weight is 241 g/mol. The lowest BCUT2D eigenvalue weighted by molar-refractivity contribution is 0.199. The van der Waals surface area contributed by atoms with Crippen LogP contribution in [-0.4, -0.2) is 42.3 Å². The molecule has 0 atom stereocenters. The Morgan fingerprint density at radius 1 is 1.25 bits per heavy atom. The number of amides is 2. The summed E-state index contributed by atoms with van der Waals surface area (Å²) in [7, 11) is 0. The number of carbonyl (C=O) groups is 1. The second-order valence-corrected chi connectivity index (χ2v) is 4.06. The summed E-state index contributed by atoms with van der Waals surface area (Å²) in [5, 5.41) is 9.46. The number of hydrogen-bond donors (Lipinski definition) is 1. The lowest BCUT2D eigenvalue weighted by Crippen LogP contribution is -2.33. The van der Waals surface area contributed by atoms with Gasteiger partial charge in [-0.1, -0.05) is 11.6 Å². The third kappa shape index (κ3) is 2.13. The van der Waals surface area contributed by atoms with Gasteiger partial charge >= 0.3 is 6.03 Å². The Bertz CT molecular complexity index is 380. The van der Waals surface area contributed by atoms with E-state index in [4.69, 9.17) is 16.7 Å². The van der Waals surface area contributed by atoms with Crippen molar-refractivity contribution in [2.45, 2.75) is 0 Å². The summed E-state index contributed by atoms with van der Waals surface area (Å²) in [5.74, 6) is 0. The van der Waals surface area contributed by atoms with Crippen molar-refractivity contribution in [1.82, 2.24) is 4.90 Å². The highest BCUT2D eigenvalue weighted by atomic mass is 35.5. The third-order valence-electron chi connectivity index (χ3n) is 2.60. The van der Waals surface area contributed by atoms with Crippen LogP contribution < -0.4 is 4.90 Å². The number of rotatable bonds is 3. The zero-order chi connectivity index (χ0) is 11.5. The second kappa shape index (κ2) is 4.72. The van der Waals surface area contributed by atoms with Crippen molar-refractivity contribution < 1.29 is 9.90 Å². The van der Waals surface area contributed by atoms with Gasteiger partial charge in [0.05, 0.1) is 6.61 Å². The van der Waals surface area contributed by atoms with E-state index in [0.29, 0.717) is 24.7 Å². The Morgan fingerprint density at radius 2 is 1.94 bits per heavy atom. The molecule has 0 radical (unpaired) electrons. The van der Waals surface area contributed by atoms with Crippen molar-refractivity contribution in [2.75, 3.05) is 31.1 Å². The van der Waals surface area contributed by atoms with E-state index < -0.39 is 0 Å². The molecule has 0 bridgehead atoms. The molecule has 0 aliphatic carbocycles. The summed E-state index contributed by atoms with van der Waals surface area (Å²) < 4.78 is 0. The first kappa shape index (κ1) is 11.2. The van der Waals surface area contributed by atoms with Crippen LogP contribution in [0.3, 0.4) is 0 Å². The molecule has 1 aromatic rings. The fourth-order valence-electron chi connectivity index (χ4n) is 1.77. The van der Waals surface area contributed by atoms with Crippen molar-refractivity contribution in [2.24, 2.45) is 0 Å². The highest BCUT2D eigenvalue weighted by Gasteiger charge is 2.28. The monoisotopic (exact) mass is 240 g/mol. The fraction of sp³-hybridized carbons (Fsp3) is 0.364. The third-order valence-corrected chi connectivity index (χ3v) is 2.86. The number of nitrogens with zero attached hydrogens (tertiary/aromatic N) is 2. The minimum absolute atomic E-state index is 0.000196. The number of β-amino-alcohol motifs (C(OH)–C–C–N with tert-alkyl or cyclic N) is 1. The highest BCUT2D eigenvalue weighted by molar-refractivity contribution is 6.30. The minimum Gasteiger partial charge on any atom is -0.395 e. The maximum absolute atomic E-state index is 11.9. The molecule has 0 unspecified atom stereocenters. The van der Waals surface area contributed by atoms with Gasteiger partial charge in [-0.2, -0.15) is 0 Å². The van der Waals surface area contributed by atoms with Crippen molar-refractivity contribution in [3.8, 4) is 0 Å². The standard InChI is InChI=1S/C11H13ClN2O2/c12-9-1-3-10(4-2-9)14-6-5-13(7-8-15)11(14)16/h1-4,15H,5-8H2. The van der Waals surface area contributed by atoms with Gasteiger partial charge in [0, 0.05) is 30.3 Å². The number of urea groups is 1. The van der Waals surface area contributed by atoms with Gasteiger partial charge in [0.15, 0.2) is 0 Å². The van der Waals surface area contributed by atoms with Crippen LogP contribution in [0.2, 0.25) is 5.02 Å². The number of hydrogen-bond acceptors (Lipinski definition) is 2. The van der Waals surface area contributed by atoms with Crippen LogP contribution in [-0.2, 0) is 0 Å². The molecule has 86 valence electrons. The molecule has 1 saturated heterocycles. The van der Waals surface area contributed by atoms with E-state index in [1.54, 1.807) is 21.9 Å². The van der Waals surface area contributed by atoms with E-state index in [0.717, 1.165) is 5.69 Å². The van der Waals surface area contributed by atoms with E-state index in [1.165, 1.54) is 0 Å². The molecular weight excluding hydrogens is 228 g/mol. The molecule has 1 aromatic carbocycles. The predicted octanol–water partition coefficient (Wildman–Crippen LogP) is 1.57. The van der Waals surface area contributed by atoms with Crippen LogP contribution in [0.15, 0.2) is 24.3 Å². The molecule has 0 saturated carbocycles. The average Bonchev–Trinajstić information content (AvgIpc) is 2.63. The number of carbonyl (C=O) groups excluding carboxylic acids is 1. The van der Waals surface area contributed by atoms with E-state index in [1.807, 2.05) is 12.1 Å². The number of aliphatic hydroxyl groups is 1. The van der Waals surface area contributed by atoms with E-state index >= 15 is 0 Å². The van der Waals surface area contributed by atoms with Crippen molar-refractivity contribution in [1.29, 1.82) is 0 Å². The lowest BCUT2D eigenvalue weighted by Gasteiger charge is -2.17. The molecule has 1 fully saturated rings. The van der Waals surface area contributed by atoms with Gasteiger partial charge in [-0.15, -0.1) is 0 Å². The van der Waals surface area contributed by atoms with Crippen LogP contribution in [0.5, 0.6) is 0 Å². The number of anilines is 1. The molecule has 2 amide bonds. The molecule has 1 aliphatic rings. The van der Waals surface area contributed by atoms with Gasteiger partial charge < -0.3 is 10.0 Å². The SMILES string of the molecule is O=C1N(CCO)CCN1c1ccc(Cl)cc1. The van der Waals surface area contributed by atoms with Gasteiger partial charge in [-0.25, -0.2) is 4.79 Å². The molecule has 1 aliphatic heterocycles. The zero-order valence-electron chi connectivity index (χ0n) is 8.77. The summed E-state index contributed by atoms with van der Waals surface area (Å²) in [6.45, 7) is 1.70. The van der Waals surface area contributed by atoms with Gasteiger partial charge in [0.25, 0.3) is 0 Å². The van der Waals surface area contributed by atoms with Crippen LogP contribution in [0.25, 0.3) is 0 Å². The second-order valence-electron chi connectivity index (χ2n) is 3.62. The van der Waals surface area contributed by atoms with Crippen LogP contribution in [0.4, 0.5) is 10.5 Å². The maximum atomic E-state index is 11.9. The largest absolute Gasteiger partial charge is 0.395 e. The van der Waals surface area contributed by atoms with E-state index in [9.17, 15) is 4.79 Å². The molecule has 0 spiro atoms. The van der Waals surface area contributed by atoms with Crippen molar-refractivity contribution >= 4 is 23.3 Å². The molecule has 16 heavy (non-hydrogen) atoms. The highest BCUT2D eigenvalue weighted by Crippen LogP contribution is 2.21. The summed E-state index contributed by atoms with van der Waals surface area (Å²) in [5.41, 5.74) is 0.842. The normalized spacial score (nSPS) is 16.0. The number of halogens is 1. The first-order chi connectivity index (χ1) is 7.72. The van der Waals surface area contributed by atoms with Crippen LogP contribution >= 0.6 is 11.6 Å². The summed E-state index contributed by atoms with van der Waals surface area (Å²) in [6.07, 6.45) is 0. The zero-order valence-corrected chi connectivity index (χ0v) is 9.52. The van der Waals surface area contributed by atoms with E-state index in [-0.39, 0.29) is 12.6 Å². The Labute approximate surface area is 99.0 Å². The van der Waals surface area contributed by atoms with Crippen molar-refractivity contribution in [3.05, 3.63) is 29.3 Å². The van der Waals surface area contributed by atoms with Gasteiger partial charge in [0.1, 0.15) is 0 Å². The molecule has 4 nitrogen and oxygen atoms in total. The molecule has 1 heterocycles. The maximum Gasteiger partial charge on any atom is 0.324 e. The van der Waals surface area contributed by atoms with Crippen LogP contribution in [0.1, 0.15) is 0 Å². The topological polar surface area (TPSA) is 43.8 Å². The Hall–Kier alpha value is -1.26. The number of aliphatic hydroxyl groups excluding tert-OH is 1. The van der Waals surface area contributed by atoms with Crippen molar-refractivity contribution in [3.63, 3.8) is 0 Å². The Morgan fingerprint density at radius 3 is 2.56 bits per heavy atom. The first-order valence-electron chi connectivity index (χ1n) is 5.15.